The summed E-state index contributed by atoms with van der Waals surface area (Å²) in [6.07, 6.45) is 3.92. The van der Waals surface area contributed by atoms with Crippen LogP contribution in [0.3, 0.4) is 0 Å². The minimum Gasteiger partial charge on any atom is -0.493 e. The van der Waals surface area contributed by atoms with Gasteiger partial charge in [0.15, 0.2) is 6.04 Å². The van der Waals surface area contributed by atoms with Crippen molar-refractivity contribution in [1.82, 2.24) is 5.32 Å². The van der Waals surface area contributed by atoms with Crippen molar-refractivity contribution in [3.63, 3.8) is 0 Å². The molecule has 5 nitrogen and oxygen atoms in total. The molecule has 1 aliphatic carbocycles. The first-order valence-corrected chi connectivity index (χ1v) is 9.45. The van der Waals surface area contributed by atoms with Crippen molar-refractivity contribution in [3.8, 4) is 5.75 Å². The molecule has 2 aromatic carbocycles. The smallest absolute Gasteiger partial charge is 0.330 e. The fourth-order valence-corrected chi connectivity index (χ4v) is 4.10. The first kappa shape index (κ1) is 17.6. The maximum absolute atomic E-state index is 12.5. The molecule has 2 aromatic rings. The Bertz CT molecular complexity index is 876. The van der Waals surface area contributed by atoms with Crippen LogP contribution in [0.1, 0.15) is 41.1 Å². The topological polar surface area (TPSA) is 75.6 Å². The number of aliphatic carboxylic acids is 1. The molecule has 1 aliphatic heterocycles. The van der Waals surface area contributed by atoms with Gasteiger partial charge < -0.3 is 15.2 Å². The van der Waals surface area contributed by atoms with Crippen LogP contribution < -0.4 is 10.1 Å². The summed E-state index contributed by atoms with van der Waals surface area (Å²) >= 11 is 0. The quantitative estimate of drug-likeness (QED) is 0.854. The lowest BCUT2D eigenvalue weighted by Gasteiger charge is -2.25. The molecule has 0 aromatic heterocycles. The van der Waals surface area contributed by atoms with Crippen molar-refractivity contribution >= 4 is 11.9 Å². The number of carboxylic acid groups (broad SMARTS) is 1. The Balaban J connectivity index is 1.42. The summed E-state index contributed by atoms with van der Waals surface area (Å²) in [6.45, 7) is 0.617. The van der Waals surface area contributed by atoms with Gasteiger partial charge in [0.2, 0.25) is 5.91 Å². The van der Waals surface area contributed by atoms with E-state index in [1.807, 2.05) is 18.2 Å². The minimum absolute atomic E-state index is 0.205. The fourth-order valence-electron chi connectivity index (χ4n) is 4.10. The van der Waals surface area contributed by atoms with Crippen LogP contribution in [0.4, 0.5) is 0 Å². The van der Waals surface area contributed by atoms with Gasteiger partial charge in [-0.15, -0.1) is 0 Å². The van der Waals surface area contributed by atoms with Gasteiger partial charge in [-0.25, -0.2) is 4.79 Å². The predicted molar refractivity (Wildman–Crippen MR) is 101 cm³/mol. The van der Waals surface area contributed by atoms with Crippen LogP contribution in [0.5, 0.6) is 5.75 Å². The number of carbonyl (C=O) groups excluding carboxylic acids is 1. The highest BCUT2D eigenvalue weighted by molar-refractivity contribution is 5.84. The van der Waals surface area contributed by atoms with Gasteiger partial charge in [0.25, 0.3) is 0 Å². The molecule has 0 radical (unpaired) electrons. The average molecular weight is 365 g/mol. The number of amides is 1. The molecule has 1 heterocycles. The molecule has 2 N–H and O–H groups in total. The average Bonchev–Trinajstić information content (AvgIpc) is 3.13. The lowest BCUT2D eigenvalue weighted by molar-refractivity contribution is -0.142. The number of hydrogen-bond acceptors (Lipinski definition) is 3. The molecule has 0 fully saturated rings. The number of ether oxygens (including phenoxy) is 1. The highest BCUT2D eigenvalue weighted by Crippen LogP contribution is 2.30. The van der Waals surface area contributed by atoms with Gasteiger partial charge in [0, 0.05) is 12.8 Å². The summed E-state index contributed by atoms with van der Waals surface area (Å²) in [4.78, 5) is 24.3. The van der Waals surface area contributed by atoms with E-state index in [-0.39, 0.29) is 11.8 Å². The van der Waals surface area contributed by atoms with Crippen molar-refractivity contribution in [1.29, 1.82) is 0 Å². The SMILES string of the molecule is O=C(CC1CCc2ccccc2C1)NC(C(=O)O)c1ccc2c(c1)CCO2. The molecule has 1 amide bonds. The predicted octanol–water partition coefficient (Wildman–Crippen LogP) is 3.06. The molecule has 5 heteroatoms. The molecular formula is C22H23NO4. The zero-order valence-corrected chi connectivity index (χ0v) is 15.1. The summed E-state index contributed by atoms with van der Waals surface area (Å²) < 4.78 is 5.47. The number of carboxylic acids is 1. The summed E-state index contributed by atoms with van der Waals surface area (Å²) in [6, 6.07) is 12.6. The largest absolute Gasteiger partial charge is 0.493 e. The van der Waals surface area contributed by atoms with E-state index in [9.17, 15) is 14.7 Å². The van der Waals surface area contributed by atoms with Crippen molar-refractivity contribution in [2.24, 2.45) is 5.92 Å². The Morgan fingerprint density at radius 1 is 1.11 bits per heavy atom. The van der Waals surface area contributed by atoms with Crippen molar-refractivity contribution in [3.05, 3.63) is 64.7 Å². The van der Waals surface area contributed by atoms with Crippen LogP contribution in [0.15, 0.2) is 42.5 Å². The van der Waals surface area contributed by atoms with E-state index >= 15 is 0 Å². The van der Waals surface area contributed by atoms with Crippen molar-refractivity contribution in [2.75, 3.05) is 6.61 Å². The highest BCUT2D eigenvalue weighted by atomic mass is 16.5. The van der Waals surface area contributed by atoms with E-state index in [1.165, 1.54) is 11.1 Å². The molecule has 27 heavy (non-hydrogen) atoms. The first-order valence-electron chi connectivity index (χ1n) is 9.45. The van der Waals surface area contributed by atoms with Crippen LogP contribution in [0, 0.1) is 5.92 Å². The summed E-state index contributed by atoms with van der Waals surface area (Å²) in [7, 11) is 0. The third-order valence-electron chi connectivity index (χ3n) is 5.52. The Labute approximate surface area is 158 Å². The van der Waals surface area contributed by atoms with Gasteiger partial charge in [-0.3, -0.25) is 4.79 Å². The third kappa shape index (κ3) is 3.82. The third-order valence-corrected chi connectivity index (χ3v) is 5.52. The number of carbonyl (C=O) groups is 2. The van der Waals surface area contributed by atoms with E-state index in [1.54, 1.807) is 12.1 Å². The van der Waals surface area contributed by atoms with Crippen LogP contribution in [-0.2, 0) is 28.9 Å². The molecule has 0 saturated carbocycles. The van der Waals surface area contributed by atoms with E-state index in [2.05, 4.69) is 17.4 Å². The second kappa shape index (κ2) is 7.43. The summed E-state index contributed by atoms with van der Waals surface area (Å²) in [5.41, 5.74) is 4.25. The van der Waals surface area contributed by atoms with Gasteiger partial charge in [-0.2, -0.15) is 0 Å². The molecule has 0 spiro atoms. The second-order valence-electron chi connectivity index (χ2n) is 7.39. The normalized spacial score (nSPS) is 18.7. The molecular weight excluding hydrogens is 342 g/mol. The Hall–Kier alpha value is -2.82. The number of rotatable bonds is 5. The van der Waals surface area contributed by atoms with Crippen LogP contribution in [0.2, 0.25) is 0 Å². The number of hydrogen-bond donors (Lipinski definition) is 2. The van der Waals surface area contributed by atoms with Gasteiger partial charge >= 0.3 is 5.97 Å². The van der Waals surface area contributed by atoms with E-state index in [4.69, 9.17) is 4.74 Å². The first-order chi connectivity index (χ1) is 13.1. The van der Waals surface area contributed by atoms with E-state index < -0.39 is 12.0 Å². The highest BCUT2D eigenvalue weighted by Gasteiger charge is 2.26. The van der Waals surface area contributed by atoms with Gasteiger partial charge in [0.05, 0.1) is 6.61 Å². The molecule has 4 rings (SSSR count). The van der Waals surface area contributed by atoms with Crippen molar-refractivity contribution in [2.45, 2.75) is 38.1 Å². The Morgan fingerprint density at radius 2 is 1.93 bits per heavy atom. The van der Waals surface area contributed by atoms with Gasteiger partial charge in [-0.05, 0) is 59.6 Å². The van der Waals surface area contributed by atoms with Gasteiger partial charge in [0.1, 0.15) is 5.75 Å². The van der Waals surface area contributed by atoms with Crippen LogP contribution in [0.25, 0.3) is 0 Å². The summed E-state index contributed by atoms with van der Waals surface area (Å²) in [5.74, 6) is -0.197. The zero-order chi connectivity index (χ0) is 18.8. The van der Waals surface area contributed by atoms with Crippen molar-refractivity contribution < 1.29 is 19.4 Å². The van der Waals surface area contributed by atoms with Crippen LogP contribution >= 0.6 is 0 Å². The lowest BCUT2D eigenvalue weighted by atomic mass is 9.82. The minimum atomic E-state index is -1.05. The van der Waals surface area contributed by atoms with Gasteiger partial charge in [-0.1, -0.05) is 30.3 Å². The standard InChI is InChI=1S/C22H23NO4/c24-20(12-14-5-6-15-3-1-2-4-16(15)11-14)23-21(22(25)26)18-7-8-19-17(13-18)9-10-27-19/h1-4,7-8,13-14,21H,5-6,9-12H2,(H,23,24)(H,25,26). The molecule has 0 bridgehead atoms. The zero-order valence-electron chi connectivity index (χ0n) is 15.1. The molecule has 2 aliphatic rings. The maximum atomic E-state index is 12.5. The molecule has 140 valence electrons. The number of benzene rings is 2. The monoisotopic (exact) mass is 365 g/mol. The Morgan fingerprint density at radius 3 is 2.74 bits per heavy atom. The molecule has 2 unspecified atom stereocenters. The number of nitrogens with one attached hydrogen (secondary N) is 1. The summed E-state index contributed by atoms with van der Waals surface area (Å²) in [5, 5.41) is 12.3. The van der Waals surface area contributed by atoms with Crippen LogP contribution in [-0.4, -0.2) is 23.6 Å². The Kier molecular flexibility index (Phi) is 4.84. The van der Waals surface area contributed by atoms with E-state index in [0.717, 1.165) is 37.0 Å². The van der Waals surface area contributed by atoms with E-state index in [0.29, 0.717) is 18.6 Å². The lowest BCUT2D eigenvalue weighted by Crippen LogP contribution is -2.35. The fraction of sp³-hybridized carbons (Fsp3) is 0.364. The molecule has 2 atom stereocenters. The second-order valence-corrected chi connectivity index (χ2v) is 7.39. The number of aryl methyl sites for hydroxylation is 1. The maximum Gasteiger partial charge on any atom is 0.330 e. The number of fused-ring (bicyclic) bond motifs is 2. The molecule has 0 saturated heterocycles.